The standard InChI is InChI=1S/C12H19N3O2S/c1-13-18(16,17)15-9-7-14(8-10-15)11-12-5-3-2-4-6-12/h2-6,13H,7-11H2,1H3. The van der Waals surface area contributed by atoms with E-state index in [4.69, 9.17) is 0 Å². The van der Waals surface area contributed by atoms with Gasteiger partial charge >= 0.3 is 0 Å². The van der Waals surface area contributed by atoms with Crippen molar-refractivity contribution >= 4 is 10.2 Å². The van der Waals surface area contributed by atoms with Crippen LogP contribution in [-0.2, 0) is 16.8 Å². The molecule has 0 aromatic heterocycles. The summed E-state index contributed by atoms with van der Waals surface area (Å²) in [6.07, 6.45) is 0. The number of nitrogens with one attached hydrogen (secondary N) is 1. The van der Waals surface area contributed by atoms with Crippen molar-refractivity contribution in [1.29, 1.82) is 0 Å². The SMILES string of the molecule is CNS(=O)(=O)N1CCN(Cc2ccccc2)CC1. The van der Waals surface area contributed by atoms with Gasteiger partial charge in [0, 0.05) is 39.8 Å². The molecule has 1 aliphatic rings. The number of benzene rings is 1. The Morgan fingerprint density at radius 3 is 2.28 bits per heavy atom. The second kappa shape index (κ2) is 5.79. The van der Waals surface area contributed by atoms with Crippen molar-refractivity contribution < 1.29 is 8.42 Å². The summed E-state index contributed by atoms with van der Waals surface area (Å²) in [6.45, 7) is 3.53. The first-order chi connectivity index (χ1) is 8.62. The van der Waals surface area contributed by atoms with E-state index in [0.717, 1.165) is 19.6 Å². The molecule has 1 aromatic rings. The topological polar surface area (TPSA) is 52.7 Å². The van der Waals surface area contributed by atoms with Crippen LogP contribution >= 0.6 is 0 Å². The molecule has 0 bridgehead atoms. The number of hydrogen-bond donors (Lipinski definition) is 1. The monoisotopic (exact) mass is 269 g/mol. The van der Waals surface area contributed by atoms with Gasteiger partial charge in [-0.05, 0) is 5.56 Å². The van der Waals surface area contributed by atoms with Crippen LogP contribution in [0.3, 0.4) is 0 Å². The van der Waals surface area contributed by atoms with Crippen LogP contribution in [0.5, 0.6) is 0 Å². The molecule has 0 radical (unpaired) electrons. The van der Waals surface area contributed by atoms with E-state index in [1.807, 2.05) is 18.2 Å². The molecule has 0 saturated carbocycles. The summed E-state index contributed by atoms with van der Waals surface area (Å²) < 4.78 is 27.1. The Kier molecular flexibility index (Phi) is 4.34. The molecule has 1 aromatic carbocycles. The van der Waals surface area contributed by atoms with Gasteiger partial charge in [0.25, 0.3) is 10.2 Å². The lowest BCUT2D eigenvalue weighted by atomic mass is 10.2. The highest BCUT2D eigenvalue weighted by Gasteiger charge is 2.25. The van der Waals surface area contributed by atoms with E-state index in [1.165, 1.54) is 16.9 Å². The quantitative estimate of drug-likeness (QED) is 0.853. The summed E-state index contributed by atoms with van der Waals surface area (Å²) in [5.74, 6) is 0. The summed E-state index contributed by atoms with van der Waals surface area (Å²) in [5.41, 5.74) is 1.27. The summed E-state index contributed by atoms with van der Waals surface area (Å²) in [5, 5.41) is 0. The van der Waals surface area contributed by atoms with Crippen molar-refractivity contribution in [1.82, 2.24) is 13.9 Å². The van der Waals surface area contributed by atoms with Crippen LogP contribution in [-0.4, -0.2) is 50.8 Å². The molecule has 1 heterocycles. The highest BCUT2D eigenvalue weighted by atomic mass is 32.2. The summed E-state index contributed by atoms with van der Waals surface area (Å²) >= 11 is 0. The van der Waals surface area contributed by atoms with E-state index in [9.17, 15) is 8.42 Å². The average Bonchev–Trinajstić information content (AvgIpc) is 2.40. The zero-order valence-corrected chi connectivity index (χ0v) is 11.4. The van der Waals surface area contributed by atoms with Crippen LogP contribution in [0, 0.1) is 0 Å². The van der Waals surface area contributed by atoms with Crippen molar-refractivity contribution in [3.8, 4) is 0 Å². The molecule has 0 spiro atoms. The molecule has 6 heteroatoms. The zero-order valence-electron chi connectivity index (χ0n) is 10.5. The van der Waals surface area contributed by atoms with Crippen molar-refractivity contribution in [3.05, 3.63) is 35.9 Å². The Bertz CT molecular complexity index is 467. The summed E-state index contributed by atoms with van der Waals surface area (Å²) in [4.78, 5) is 2.27. The molecule has 0 atom stereocenters. The molecule has 1 aliphatic heterocycles. The normalized spacial score (nSPS) is 18.9. The molecule has 1 N–H and O–H groups in total. The van der Waals surface area contributed by atoms with Crippen LogP contribution in [0.4, 0.5) is 0 Å². The lowest BCUT2D eigenvalue weighted by molar-refractivity contribution is 0.181. The van der Waals surface area contributed by atoms with E-state index in [1.54, 1.807) is 0 Å². The maximum Gasteiger partial charge on any atom is 0.279 e. The fraction of sp³-hybridized carbons (Fsp3) is 0.500. The first-order valence-corrected chi connectivity index (χ1v) is 7.51. The molecule has 0 amide bonds. The molecule has 0 unspecified atom stereocenters. The Hall–Kier alpha value is -0.950. The average molecular weight is 269 g/mol. The first kappa shape index (κ1) is 13.5. The van der Waals surface area contributed by atoms with Crippen molar-refractivity contribution in [2.75, 3.05) is 33.2 Å². The molecule has 5 nitrogen and oxygen atoms in total. The van der Waals surface area contributed by atoms with Crippen LogP contribution in [0.2, 0.25) is 0 Å². The highest BCUT2D eigenvalue weighted by Crippen LogP contribution is 2.10. The zero-order chi connectivity index (χ0) is 13.0. The van der Waals surface area contributed by atoms with E-state index in [-0.39, 0.29) is 0 Å². The molecule has 1 fully saturated rings. The number of hydrogen-bond acceptors (Lipinski definition) is 3. The van der Waals surface area contributed by atoms with Crippen LogP contribution in [0.25, 0.3) is 0 Å². The second-order valence-corrected chi connectivity index (χ2v) is 6.24. The third-order valence-corrected chi connectivity index (χ3v) is 4.74. The fourth-order valence-electron chi connectivity index (χ4n) is 2.10. The molecular weight excluding hydrogens is 250 g/mol. The van der Waals surface area contributed by atoms with Crippen molar-refractivity contribution in [2.45, 2.75) is 6.54 Å². The van der Waals surface area contributed by atoms with Gasteiger partial charge < -0.3 is 0 Å². The second-order valence-electron chi connectivity index (χ2n) is 4.37. The maximum atomic E-state index is 11.6. The predicted molar refractivity (Wildman–Crippen MR) is 71.3 cm³/mol. The van der Waals surface area contributed by atoms with Crippen molar-refractivity contribution in [2.24, 2.45) is 0 Å². The van der Waals surface area contributed by atoms with Gasteiger partial charge in [-0.25, -0.2) is 4.72 Å². The molecule has 18 heavy (non-hydrogen) atoms. The van der Waals surface area contributed by atoms with Gasteiger partial charge in [0.1, 0.15) is 0 Å². The van der Waals surface area contributed by atoms with Gasteiger partial charge in [-0.15, -0.1) is 0 Å². The Morgan fingerprint density at radius 1 is 1.11 bits per heavy atom. The predicted octanol–water partition coefficient (Wildman–Crippen LogP) is 0.268. The minimum Gasteiger partial charge on any atom is -0.296 e. The number of rotatable bonds is 4. The molecule has 1 saturated heterocycles. The lowest BCUT2D eigenvalue weighted by Gasteiger charge is -2.33. The highest BCUT2D eigenvalue weighted by molar-refractivity contribution is 7.87. The van der Waals surface area contributed by atoms with Gasteiger partial charge in [0.05, 0.1) is 0 Å². The Labute approximate surface area is 109 Å². The first-order valence-electron chi connectivity index (χ1n) is 6.07. The van der Waals surface area contributed by atoms with Gasteiger partial charge in [-0.3, -0.25) is 4.90 Å². The Morgan fingerprint density at radius 2 is 1.72 bits per heavy atom. The molecule has 100 valence electrons. The van der Waals surface area contributed by atoms with Crippen molar-refractivity contribution in [3.63, 3.8) is 0 Å². The van der Waals surface area contributed by atoms with E-state index < -0.39 is 10.2 Å². The van der Waals surface area contributed by atoms with E-state index in [0.29, 0.717) is 13.1 Å². The molecular formula is C12H19N3O2S. The van der Waals surface area contributed by atoms with Crippen LogP contribution < -0.4 is 4.72 Å². The van der Waals surface area contributed by atoms with Gasteiger partial charge in [0.15, 0.2) is 0 Å². The lowest BCUT2D eigenvalue weighted by Crippen LogP contribution is -2.51. The number of nitrogens with zero attached hydrogens (tertiary/aromatic N) is 2. The fourth-order valence-corrected chi connectivity index (χ4v) is 3.00. The molecule has 2 rings (SSSR count). The Balaban J connectivity index is 1.88. The van der Waals surface area contributed by atoms with Crippen LogP contribution in [0.15, 0.2) is 30.3 Å². The van der Waals surface area contributed by atoms with Gasteiger partial charge in [0.2, 0.25) is 0 Å². The maximum absolute atomic E-state index is 11.6. The van der Waals surface area contributed by atoms with Gasteiger partial charge in [-0.2, -0.15) is 12.7 Å². The summed E-state index contributed by atoms with van der Waals surface area (Å²) in [7, 11) is -1.81. The summed E-state index contributed by atoms with van der Waals surface area (Å²) in [6, 6.07) is 10.2. The number of piperazine rings is 1. The van der Waals surface area contributed by atoms with E-state index >= 15 is 0 Å². The third-order valence-electron chi connectivity index (χ3n) is 3.18. The smallest absolute Gasteiger partial charge is 0.279 e. The largest absolute Gasteiger partial charge is 0.296 e. The molecule has 0 aliphatic carbocycles. The van der Waals surface area contributed by atoms with E-state index in [2.05, 4.69) is 21.8 Å². The van der Waals surface area contributed by atoms with Crippen LogP contribution in [0.1, 0.15) is 5.56 Å². The minimum absolute atomic E-state index is 0.552. The minimum atomic E-state index is -3.26. The third kappa shape index (κ3) is 3.29. The van der Waals surface area contributed by atoms with Gasteiger partial charge in [-0.1, -0.05) is 30.3 Å².